The van der Waals surface area contributed by atoms with Gasteiger partial charge in [0.05, 0.1) is 17.7 Å². The van der Waals surface area contributed by atoms with Gasteiger partial charge in [-0.25, -0.2) is 9.59 Å². The van der Waals surface area contributed by atoms with E-state index in [1.54, 1.807) is 12.1 Å². The first-order valence-corrected chi connectivity index (χ1v) is 16.7. The molecule has 1 atom stereocenters. The fourth-order valence-electron chi connectivity index (χ4n) is 4.86. The van der Waals surface area contributed by atoms with Crippen molar-refractivity contribution in [3.05, 3.63) is 95.1 Å². The lowest BCUT2D eigenvalue weighted by molar-refractivity contribution is -0.171. The molecular formula is C32H34N2O7Si. The van der Waals surface area contributed by atoms with E-state index in [-0.39, 0.29) is 35.3 Å². The maximum Gasteiger partial charge on any atom is 0.407 e. The van der Waals surface area contributed by atoms with E-state index in [9.17, 15) is 19.2 Å². The molecule has 0 radical (unpaired) electrons. The second-order valence-corrected chi connectivity index (χ2v) is 16.8. The first-order valence-electron chi connectivity index (χ1n) is 13.8. The number of nitrogens with one attached hydrogen (secondary N) is 1. The number of fused-ring (bicyclic) bond motifs is 4. The molecule has 218 valence electrons. The zero-order valence-electron chi connectivity index (χ0n) is 24.3. The van der Waals surface area contributed by atoms with Crippen molar-refractivity contribution >= 4 is 32.2 Å². The molecule has 42 heavy (non-hydrogen) atoms. The predicted octanol–water partition coefficient (Wildman–Crippen LogP) is 5.67. The van der Waals surface area contributed by atoms with Crippen LogP contribution in [0.15, 0.2) is 72.8 Å². The number of nitrogens with zero attached hydrogens (tertiary/aromatic N) is 1. The molecule has 10 heteroatoms. The summed E-state index contributed by atoms with van der Waals surface area (Å²) in [5, 5.41) is 2.80. The summed E-state index contributed by atoms with van der Waals surface area (Å²) in [6.07, 6.45) is -0.847. The highest BCUT2D eigenvalue weighted by Crippen LogP contribution is 2.44. The van der Waals surface area contributed by atoms with Gasteiger partial charge in [0.25, 0.3) is 11.8 Å². The Hall–Kier alpha value is -4.28. The molecule has 0 unspecified atom stereocenters. The van der Waals surface area contributed by atoms with Gasteiger partial charge in [-0.2, -0.15) is 0 Å². The van der Waals surface area contributed by atoms with Crippen LogP contribution in [0.25, 0.3) is 11.1 Å². The van der Waals surface area contributed by atoms with Crippen LogP contribution in [0.3, 0.4) is 0 Å². The Bertz CT molecular complexity index is 1480. The molecule has 2 aliphatic rings. The summed E-state index contributed by atoms with van der Waals surface area (Å²) in [5.74, 6) is -2.70. The number of carbonyl (C=O) groups excluding carboxylic acids is 4. The number of hydrogen-bond acceptors (Lipinski definition) is 7. The summed E-state index contributed by atoms with van der Waals surface area (Å²) < 4.78 is 11.8. The molecule has 1 aliphatic heterocycles. The molecule has 9 nitrogen and oxygen atoms in total. The van der Waals surface area contributed by atoms with Gasteiger partial charge < -0.3 is 19.3 Å². The van der Waals surface area contributed by atoms with E-state index in [4.69, 9.17) is 14.0 Å². The number of benzene rings is 3. The van der Waals surface area contributed by atoms with Crippen molar-refractivity contribution in [2.45, 2.75) is 50.9 Å². The number of carbonyl (C=O) groups is 4. The van der Waals surface area contributed by atoms with Gasteiger partial charge in [-0.3, -0.25) is 9.59 Å². The Labute approximate surface area is 245 Å². The van der Waals surface area contributed by atoms with E-state index in [0.717, 1.165) is 22.3 Å². The smallest absolute Gasteiger partial charge is 0.407 e. The van der Waals surface area contributed by atoms with Crippen molar-refractivity contribution in [2.75, 3.05) is 13.2 Å². The Morgan fingerprint density at radius 3 is 1.81 bits per heavy atom. The van der Waals surface area contributed by atoms with Crippen molar-refractivity contribution in [3.8, 4) is 11.1 Å². The third-order valence-electron chi connectivity index (χ3n) is 8.28. The Morgan fingerprint density at radius 1 is 0.833 bits per heavy atom. The lowest BCUT2D eigenvalue weighted by atomic mass is 9.98. The normalized spacial score (nSPS) is 15.1. The van der Waals surface area contributed by atoms with Crippen LogP contribution in [0.4, 0.5) is 4.79 Å². The van der Waals surface area contributed by atoms with Crippen molar-refractivity contribution in [1.82, 2.24) is 10.4 Å². The van der Waals surface area contributed by atoms with Gasteiger partial charge in [-0.05, 0) is 52.5 Å². The third kappa shape index (κ3) is 5.47. The van der Waals surface area contributed by atoms with Crippen molar-refractivity contribution < 1.29 is 33.2 Å². The van der Waals surface area contributed by atoms with Crippen LogP contribution < -0.4 is 5.32 Å². The number of rotatable bonds is 8. The lowest BCUT2D eigenvalue weighted by Crippen LogP contribution is -2.51. The van der Waals surface area contributed by atoms with Gasteiger partial charge >= 0.3 is 12.1 Å². The average molecular weight is 587 g/mol. The SMILES string of the molecule is CC(C)(C)[Si](C)(C)OC[C@H](NC(=O)OCC1c2ccccc2-c2ccccc21)C(=O)ON1C(=O)c2ccccc2C1=O. The first kappa shape index (κ1) is 29.2. The maximum atomic E-state index is 13.3. The number of imide groups is 1. The van der Waals surface area contributed by atoms with Crippen LogP contribution >= 0.6 is 0 Å². The molecule has 0 bridgehead atoms. The van der Waals surface area contributed by atoms with Crippen LogP contribution in [0, 0.1) is 0 Å². The molecule has 3 amide bonds. The zero-order chi connectivity index (χ0) is 30.2. The largest absolute Gasteiger partial charge is 0.449 e. The summed E-state index contributed by atoms with van der Waals surface area (Å²) in [6, 6.07) is 20.8. The lowest BCUT2D eigenvalue weighted by Gasteiger charge is -2.37. The van der Waals surface area contributed by atoms with E-state index in [1.165, 1.54) is 12.1 Å². The van der Waals surface area contributed by atoms with E-state index >= 15 is 0 Å². The van der Waals surface area contributed by atoms with E-state index < -0.39 is 38.2 Å². The Kier molecular flexibility index (Phi) is 7.78. The number of alkyl carbamates (subject to hydrolysis) is 1. The summed E-state index contributed by atoms with van der Waals surface area (Å²) in [5.41, 5.74) is 4.55. The van der Waals surface area contributed by atoms with Crippen LogP contribution in [0.1, 0.15) is 58.5 Å². The number of hydroxylamine groups is 2. The van der Waals surface area contributed by atoms with Gasteiger partial charge in [0.2, 0.25) is 0 Å². The maximum absolute atomic E-state index is 13.3. The molecule has 1 heterocycles. The van der Waals surface area contributed by atoms with E-state index in [1.807, 2.05) is 82.4 Å². The minimum Gasteiger partial charge on any atom is -0.449 e. The Morgan fingerprint density at radius 2 is 1.31 bits per heavy atom. The molecule has 0 fully saturated rings. The van der Waals surface area contributed by atoms with E-state index in [0.29, 0.717) is 5.06 Å². The highest BCUT2D eigenvalue weighted by molar-refractivity contribution is 6.74. The van der Waals surface area contributed by atoms with Gasteiger partial charge in [0.1, 0.15) is 6.61 Å². The first-order chi connectivity index (χ1) is 19.9. The number of ether oxygens (including phenoxy) is 1. The molecule has 0 saturated carbocycles. The quantitative estimate of drug-likeness (QED) is 0.267. The minimum absolute atomic E-state index is 0.0448. The van der Waals surface area contributed by atoms with Gasteiger partial charge in [-0.1, -0.05) is 86.5 Å². The van der Waals surface area contributed by atoms with Crippen molar-refractivity contribution in [1.29, 1.82) is 0 Å². The van der Waals surface area contributed by atoms with Gasteiger partial charge in [0.15, 0.2) is 14.4 Å². The molecule has 1 aliphatic carbocycles. The van der Waals surface area contributed by atoms with Gasteiger partial charge in [-0.15, -0.1) is 0 Å². The summed E-state index contributed by atoms with van der Waals surface area (Å²) >= 11 is 0. The fourth-order valence-corrected chi connectivity index (χ4v) is 5.88. The van der Waals surface area contributed by atoms with Crippen LogP contribution in [0.5, 0.6) is 0 Å². The Balaban J connectivity index is 1.30. The standard InChI is InChI=1S/C32H34N2O7Si/c1-32(2,3)42(4,5)40-19-27(30(37)41-34-28(35)24-16-10-11-17-25(24)29(34)36)33-31(38)39-18-26-22-14-8-6-12-20(22)21-13-7-9-15-23(21)26/h6-17,26-27H,18-19H2,1-5H3,(H,33,38)/t27-/m0/s1. The number of amides is 3. The highest BCUT2D eigenvalue weighted by atomic mass is 28.4. The number of hydrogen-bond donors (Lipinski definition) is 1. The second-order valence-electron chi connectivity index (χ2n) is 12.0. The summed E-state index contributed by atoms with van der Waals surface area (Å²) in [6.45, 7) is 9.98. The molecule has 0 saturated heterocycles. The van der Waals surface area contributed by atoms with Crippen LogP contribution in [0.2, 0.25) is 18.1 Å². The monoisotopic (exact) mass is 586 g/mol. The topological polar surface area (TPSA) is 111 Å². The fraction of sp³-hybridized carbons (Fsp3) is 0.312. The second kappa shape index (κ2) is 11.2. The molecule has 0 aromatic heterocycles. The molecule has 3 aromatic rings. The molecule has 5 rings (SSSR count). The van der Waals surface area contributed by atoms with Crippen LogP contribution in [-0.2, 0) is 18.8 Å². The molecule has 0 spiro atoms. The summed E-state index contributed by atoms with van der Waals surface area (Å²) in [7, 11) is -2.35. The molecular weight excluding hydrogens is 552 g/mol. The zero-order valence-corrected chi connectivity index (χ0v) is 25.3. The van der Waals surface area contributed by atoms with Gasteiger partial charge in [0, 0.05) is 5.92 Å². The highest BCUT2D eigenvalue weighted by Gasteiger charge is 2.42. The predicted molar refractivity (Wildman–Crippen MR) is 158 cm³/mol. The average Bonchev–Trinajstić information content (AvgIpc) is 3.40. The minimum atomic E-state index is -2.35. The summed E-state index contributed by atoms with van der Waals surface area (Å²) in [4.78, 5) is 57.2. The van der Waals surface area contributed by atoms with Crippen molar-refractivity contribution in [3.63, 3.8) is 0 Å². The van der Waals surface area contributed by atoms with E-state index in [2.05, 4.69) is 5.32 Å². The van der Waals surface area contributed by atoms with Crippen molar-refractivity contribution in [2.24, 2.45) is 0 Å². The van der Waals surface area contributed by atoms with Crippen LogP contribution in [-0.4, -0.2) is 56.5 Å². The molecule has 3 aromatic carbocycles. The molecule has 1 N–H and O–H groups in total. The third-order valence-corrected chi connectivity index (χ3v) is 12.8.